The Labute approximate surface area is 122 Å². The summed E-state index contributed by atoms with van der Waals surface area (Å²) >= 11 is 6.78. The van der Waals surface area contributed by atoms with Gasteiger partial charge in [0.25, 0.3) is 0 Å². The number of hydrogen-bond donors (Lipinski definition) is 1. The van der Waals surface area contributed by atoms with Crippen molar-refractivity contribution >= 4 is 28.6 Å². The number of ether oxygens (including phenoxy) is 1. The largest absolute Gasteiger partial charge is 0.382 e. The molecule has 4 atom stereocenters. The molecule has 0 radical (unpaired) electrons. The lowest BCUT2D eigenvalue weighted by Gasteiger charge is -2.28. The third-order valence-corrected chi connectivity index (χ3v) is 4.66. The number of anilines is 1. The number of nitrogens with zero attached hydrogens (tertiary/aromatic N) is 4. The van der Waals surface area contributed by atoms with Gasteiger partial charge in [-0.3, -0.25) is 4.57 Å². The fourth-order valence-corrected chi connectivity index (χ4v) is 3.67. The molecule has 2 aromatic heterocycles. The van der Waals surface area contributed by atoms with Crippen LogP contribution in [0.25, 0.3) is 11.2 Å². The highest BCUT2D eigenvalue weighted by atomic mass is 35.5. The quantitative estimate of drug-likeness (QED) is 0.860. The molecule has 0 spiro atoms. The van der Waals surface area contributed by atoms with Crippen LogP contribution in [0.4, 0.5) is 5.82 Å². The van der Waals surface area contributed by atoms with Gasteiger partial charge in [-0.25, -0.2) is 15.0 Å². The van der Waals surface area contributed by atoms with Gasteiger partial charge in [0.15, 0.2) is 17.7 Å². The molecule has 108 valence electrons. The summed E-state index contributed by atoms with van der Waals surface area (Å²) in [5.41, 5.74) is 7.05. The van der Waals surface area contributed by atoms with Gasteiger partial charge in [0.05, 0.1) is 17.3 Å². The Morgan fingerprint density at radius 3 is 2.85 bits per heavy atom. The summed E-state index contributed by atoms with van der Waals surface area (Å²) in [6, 6.07) is 0. The monoisotopic (exact) mass is 295 g/mol. The van der Waals surface area contributed by atoms with Gasteiger partial charge in [-0.2, -0.15) is 0 Å². The van der Waals surface area contributed by atoms with Gasteiger partial charge in [0, 0.05) is 5.92 Å². The van der Waals surface area contributed by atoms with Gasteiger partial charge in [-0.1, -0.05) is 6.92 Å². The summed E-state index contributed by atoms with van der Waals surface area (Å²) in [7, 11) is 0. The average Bonchev–Trinajstić information content (AvgIpc) is 2.89. The Kier molecular flexibility index (Phi) is 3.10. The number of imidazole rings is 1. The van der Waals surface area contributed by atoms with Gasteiger partial charge >= 0.3 is 0 Å². The summed E-state index contributed by atoms with van der Waals surface area (Å²) in [6.45, 7) is 6.18. The Morgan fingerprint density at radius 2 is 2.20 bits per heavy atom. The first-order valence-corrected chi connectivity index (χ1v) is 7.12. The molecule has 3 heterocycles. The molecule has 0 saturated carbocycles. The Morgan fingerprint density at radius 1 is 1.45 bits per heavy atom. The number of rotatable bonds is 2. The SMILES string of the molecule is CCC1C(C)OC(n2cnc3c(N)ncnc32)C1(C)Cl. The van der Waals surface area contributed by atoms with Gasteiger partial charge in [0.2, 0.25) is 0 Å². The summed E-state index contributed by atoms with van der Waals surface area (Å²) in [5.74, 6) is 0.633. The Hall–Kier alpha value is -1.40. The molecule has 2 N–H and O–H groups in total. The van der Waals surface area contributed by atoms with Crippen molar-refractivity contribution in [3.8, 4) is 0 Å². The third-order valence-electron chi connectivity index (χ3n) is 4.20. The number of alkyl halides is 1. The second-order valence-corrected chi connectivity index (χ2v) is 6.26. The van der Waals surface area contributed by atoms with Crippen LogP contribution in [0.15, 0.2) is 12.7 Å². The van der Waals surface area contributed by atoms with Crippen LogP contribution in [0.5, 0.6) is 0 Å². The maximum atomic E-state index is 6.78. The van der Waals surface area contributed by atoms with E-state index in [9.17, 15) is 0 Å². The van der Waals surface area contributed by atoms with E-state index in [1.54, 1.807) is 6.33 Å². The second-order valence-electron chi connectivity index (χ2n) is 5.44. The third kappa shape index (κ3) is 1.78. The number of nitrogens with two attached hydrogens (primary N) is 1. The summed E-state index contributed by atoms with van der Waals surface area (Å²) in [5, 5.41) is 0. The zero-order valence-electron chi connectivity index (χ0n) is 11.7. The number of fused-ring (bicyclic) bond motifs is 1. The smallest absolute Gasteiger partial charge is 0.167 e. The van der Waals surface area contributed by atoms with E-state index in [4.69, 9.17) is 22.1 Å². The van der Waals surface area contributed by atoms with Crippen molar-refractivity contribution in [2.75, 3.05) is 5.73 Å². The van der Waals surface area contributed by atoms with Crippen LogP contribution in [0.2, 0.25) is 0 Å². The first-order chi connectivity index (χ1) is 9.46. The van der Waals surface area contributed by atoms with E-state index >= 15 is 0 Å². The fraction of sp³-hybridized carbons (Fsp3) is 0.615. The van der Waals surface area contributed by atoms with Crippen LogP contribution in [0, 0.1) is 5.92 Å². The van der Waals surface area contributed by atoms with E-state index < -0.39 is 4.87 Å². The summed E-state index contributed by atoms with van der Waals surface area (Å²) < 4.78 is 7.92. The molecule has 3 rings (SSSR count). The van der Waals surface area contributed by atoms with E-state index in [2.05, 4.69) is 28.8 Å². The van der Waals surface area contributed by atoms with Crippen molar-refractivity contribution in [1.29, 1.82) is 0 Å². The van der Waals surface area contributed by atoms with Gasteiger partial charge < -0.3 is 10.5 Å². The first kappa shape index (κ1) is 13.6. The van der Waals surface area contributed by atoms with Crippen molar-refractivity contribution in [2.24, 2.45) is 5.92 Å². The predicted molar refractivity (Wildman–Crippen MR) is 77.4 cm³/mol. The van der Waals surface area contributed by atoms with E-state index in [1.807, 2.05) is 11.5 Å². The fourth-order valence-electron chi connectivity index (χ4n) is 3.18. The number of halogens is 1. The molecule has 0 bridgehead atoms. The highest BCUT2D eigenvalue weighted by Crippen LogP contribution is 2.49. The molecule has 1 fully saturated rings. The Bertz CT molecular complexity index is 641. The minimum atomic E-state index is -0.512. The number of nitrogen functional groups attached to an aromatic ring is 1. The average molecular weight is 296 g/mol. The molecule has 2 aromatic rings. The highest BCUT2D eigenvalue weighted by Gasteiger charge is 2.51. The van der Waals surface area contributed by atoms with Crippen LogP contribution in [-0.2, 0) is 4.74 Å². The molecule has 20 heavy (non-hydrogen) atoms. The number of aromatic nitrogens is 4. The zero-order chi connectivity index (χ0) is 14.5. The lowest BCUT2D eigenvalue weighted by Crippen LogP contribution is -2.33. The second kappa shape index (κ2) is 4.56. The van der Waals surface area contributed by atoms with E-state index in [1.165, 1.54) is 6.33 Å². The van der Waals surface area contributed by atoms with Crippen LogP contribution in [-0.4, -0.2) is 30.5 Å². The molecule has 6 nitrogen and oxygen atoms in total. The molecule has 0 aromatic carbocycles. The van der Waals surface area contributed by atoms with E-state index in [-0.39, 0.29) is 18.2 Å². The van der Waals surface area contributed by atoms with Crippen LogP contribution in [0.3, 0.4) is 0 Å². The molecule has 0 amide bonds. The van der Waals surface area contributed by atoms with E-state index in [0.29, 0.717) is 17.0 Å². The standard InChI is InChI=1S/C13H18ClN5O/c1-4-8-7(2)20-12(13(8,3)14)19-6-18-9-10(15)16-5-17-11(9)19/h5-8,12H,4H2,1-3H3,(H2,15,16,17). The Balaban J connectivity index is 2.10. The minimum absolute atomic E-state index is 0.0872. The van der Waals surface area contributed by atoms with Crippen LogP contribution < -0.4 is 5.73 Å². The summed E-state index contributed by atoms with van der Waals surface area (Å²) in [6.07, 6.45) is 3.83. The van der Waals surface area contributed by atoms with E-state index in [0.717, 1.165) is 6.42 Å². The zero-order valence-corrected chi connectivity index (χ0v) is 12.5. The predicted octanol–water partition coefficient (Wildman–Crippen LogP) is 2.35. The van der Waals surface area contributed by atoms with Crippen molar-refractivity contribution in [3.05, 3.63) is 12.7 Å². The molecule has 1 aliphatic rings. The lowest BCUT2D eigenvalue weighted by molar-refractivity contribution is 0.000472. The van der Waals surface area contributed by atoms with Crippen molar-refractivity contribution in [2.45, 2.75) is 44.4 Å². The molecule has 7 heteroatoms. The normalized spacial score (nSPS) is 33.9. The highest BCUT2D eigenvalue weighted by molar-refractivity contribution is 6.24. The van der Waals surface area contributed by atoms with Crippen molar-refractivity contribution < 1.29 is 4.74 Å². The summed E-state index contributed by atoms with van der Waals surface area (Å²) in [4.78, 5) is 12.0. The van der Waals surface area contributed by atoms with Gasteiger partial charge in [-0.05, 0) is 20.3 Å². The lowest BCUT2D eigenvalue weighted by atomic mass is 9.88. The van der Waals surface area contributed by atoms with Gasteiger partial charge in [0.1, 0.15) is 11.8 Å². The minimum Gasteiger partial charge on any atom is -0.382 e. The molecule has 1 aliphatic heterocycles. The molecular formula is C13H18ClN5O. The molecule has 1 saturated heterocycles. The molecule has 0 aliphatic carbocycles. The number of hydrogen-bond acceptors (Lipinski definition) is 5. The molecule has 4 unspecified atom stereocenters. The van der Waals surface area contributed by atoms with Crippen LogP contribution in [0.1, 0.15) is 33.4 Å². The van der Waals surface area contributed by atoms with Crippen molar-refractivity contribution in [1.82, 2.24) is 19.5 Å². The van der Waals surface area contributed by atoms with Crippen molar-refractivity contribution in [3.63, 3.8) is 0 Å². The maximum Gasteiger partial charge on any atom is 0.167 e. The topological polar surface area (TPSA) is 78.9 Å². The molecular weight excluding hydrogens is 278 g/mol. The van der Waals surface area contributed by atoms with Gasteiger partial charge in [-0.15, -0.1) is 11.6 Å². The first-order valence-electron chi connectivity index (χ1n) is 6.74. The van der Waals surface area contributed by atoms with Crippen LogP contribution >= 0.6 is 11.6 Å². The maximum absolute atomic E-state index is 6.78.